The van der Waals surface area contributed by atoms with Crippen molar-refractivity contribution in [3.8, 4) is 11.5 Å². The predicted molar refractivity (Wildman–Crippen MR) is 108 cm³/mol. The fourth-order valence-electron chi connectivity index (χ4n) is 3.32. The highest BCUT2D eigenvalue weighted by Gasteiger charge is 2.32. The van der Waals surface area contributed by atoms with Gasteiger partial charge < -0.3 is 15.4 Å². The van der Waals surface area contributed by atoms with Crippen LogP contribution in [0.25, 0.3) is 0 Å². The van der Waals surface area contributed by atoms with Gasteiger partial charge in [0.1, 0.15) is 11.5 Å². The van der Waals surface area contributed by atoms with Gasteiger partial charge in [-0.3, -0.25) is 9.59 Å². The van der Waals surface area contributed by atoms with Gasteiger partial charge in [0.15, 0.2) is 0 Å². The number of halogens is 1. The molecule has 1 aliphatic rings. The monoisotopic (exact) mass is 392 g/mol. The highest BCUT2D eigenvalue weighted by atomic mass is 35.5. The Labute approximate surface area is 167 Å². The second kappa shape index (κ2) is 7.37. The van der Waals surface area contributed by atoms with Gasteiger partial charge in [-0.1, -0.05) is 48.0 Å². The van der Waals surface area contributed by atoms with E-state index in [-0.39, 0.29) is 16.8 Å². The van der Waals surface area contributed by atoms with E-state index >= 15 is 0 Å². The summed E-state index contributed by atoms with van der Waals surface area (Å²) >= 11 is 6.20. The molecule has 0 saturated carbocycles. The van der Waals surface area contributed by atoms with Crippen molar-refractivity contribution in [1.82, 2.24) is 5.32 Å². The van der Waals surface area contributed by atoms with Crippen LogP contribution in [-0.4, -0.2) is 18.9 Å². The van der Waals surface area contributed by atoms with E-state index in [4.69, 9.17) is 16.3 Å². The molecule has 2 N–H and O–H groups in total. The van der Waals surface area contributed by atoms with Gasteiger partial charge in [-0.05, 0) is 30.3 Å². The molecule has 0 atom stereocenters. The normalized spacial score (nSPS) is 12.4. The summed E-state index contributed by atoms with van der Waals surface area (Å²) < 4.78 is 5.94. The lowest BCUT2D eigenvalue weighted by molar-refractivity contribution is -0.116. The van der Waals surface area contributed by atoms with Crippen LogP contribution in [0.5, 0.6) is 11.5 Å². The maximum Gasteiger partial charge on any atom is 0.252 e. The molecular weight excluding hydrogens is 376 g/mol. The van der Waals surface area contributed by atoms with Gasteiger partial charge in [-0.15, -0.1) is 0 Å². The van der Waals surface area contributed by atoms with Gasteiger partial charge >= 0.3 is 0 Å². The first-order chi connectivity index (χ1) is 13.6. The van der Waals surface area contributed by atoms with Crippen LogP contribution in [0.15, 0.2) is 66.7 Å². The van der Waals surface area contributed by atoms with Crippen LogP contribution in [-0.2, 0) is 4.79 Å². The Morgan fingerprint density at radius 3 is 2.11 bits per heavy atom. The Morgan fingerprint density at radius 1 is 0.929 bits per heavy atom. The van der Waals surface area contributed by atoms with E-state index in [2.05, 4.69) is 10.6 Å². The molecule has 5 nitrogen and oxygen atoms in total. The summed E-state index contributed by atoms with van der Waals surface area (Å²) in [6.07, 6.45) is 0. The summed E-state index contributed by atoms with van der Waals surface area (Å²) in [6, 6.07) is 19.8. The first-order valence-corrected chi connectivity index (χ1v) is 9.14. The standard InChI is InChI=1S/C22H17ClN2O3/c1-24-21(26)14-11-10-13(12-17(14)23)25-22(27)20-15-6-2-4-8-18(15)28-19-9-5-3-7-16(19)20/h2-12,20H,1H3,(H,24,26)(H,25,27). The Hall–Kier alpha value is -3.31. The number of carbonyl (C=O) groups excluding carboxylic acids is 2. The topological polar surface area (TPSA) is 67.4 Å². The largest absolute Gasteiger partial charge is 0.457 e. The molecule has 0 radical (unpaired) electrons. The lowest BCUT2D eigenvalue weighted by Crippen LogP contribution is -2.25. The molecule has 4 rings (SSSR count). The van der Waals surface area contributed by atoms with Crippen molar-refractivity contribution in [3.63, 3.8) is 0 Å². The van der Waals surface area contributed by atoms with E-state index < -0.39 is 5.92 Å². The number of para-hydroxylation sites is 2. The van der Waals surface area contributed by atoms with Gasteiger partial charge in [0, 0.05) is 23.9 Å². The van der Waals surface area contributed by atoms with E-state index in [1.54, 1.807) is 18.2 Å². The highest BCUT2D eigenvalue weighted by Crippen LogP contribution is 2.44. The van der Waals surface area contributed by atoms with Gasteiger partial charge in [0.2, 0.25) is 5.91 Å². The van der Waals surface area contributed by atoms with E-state index in [9.17, 15) is 9.59 Å². The molecule has 28 heavy (non-hydrogen) atoms. The van der Waals surface area contributed by atoms with E-state index in [1.165, 1.54) is 7.05 Å². The van der Waals surface area contributed by atoms with Crippen LogP contribution in [0, 0.1) is 0 Å². The number of carbonyl (C=O) groups is 2. The molecule has 0 saturated heterocycles. The van der Waals surface area contributed by atoms with Crippen molar-refractivity contribution >= 4 is 29.1 Å². The van der Waals surface area contributed by atoms with Crippen LogP contribution >= 0.6 is 11.6 Å². The first kappa shape index (κ1) is 18.1. The summed E-state index contributed by atoms with van der Waals surface area (Å²) in [5, 5.41) is 5.71. The van der Waals surface area contributed by atoms with Crippen molar-refractivity contribution in [2.24, 2.45) is 0 Å². The minimum Gasteiger partial charge on any atom is -0.457 e. The van der Waals surface area contributed by atoms with Crippen LogP contribution in [0.2, 0.25) is 5.02 Å². The summed E-state index contributed by atoms with van der Waals surface area (Å²) in [5.41, 5.74) is 2.46. The molecule has 0 aliphatic carbocycles. The van der Waals surface area contributed by atoms with Crippen LogP contribution < -0.4 is 15.4 Å². The number of hydrogen-bond donors (Lipinski definition) is 2. The fraction of sp³-hybridized carbons (Fsp3) is 0.0909. The average molecular weight is 393 g/mol. The smallest absolute Gasteiger partial charge is 0.252 e. The second-order valence-corrected chi connectivity index (χ2v) is 6.78. The zero-order valence-electron chi connectivity index (χ0n) is 15.0. The number of fused-ring (bicyclic) bond motifs is 2. The number of anilines is 1. The zero-order chi connectivity index (χ0) is 19.7. The van der Waals surface area contributed by atoms with E-state index in [0.29, 0.717) is 22.7 Å². The quantitative estimate of drug-likeness (QED) is 0.685. The minimum atomic E-state index is -0.515. The number of ether oxygens (including phenoxy) is 1. The third kappa shape index (κ3) is 3.21. The first-order valence-electron chi connectivity index (χ1n) is 8.76. The molecule has 0 spiro atoms. The SMILES string of the molecule is CNC(=O)c1ccc(NC(=O)C2c3ccccc3Oc3ccccc32)cc1Cl. The zero-order valence-corrected chi connectivity index (χ0v) is 15.8. The van der Waals surface area contributed by atoms with Crippen molar-refractivity contribution in [3.05, 3.63) is 88.4 Å². The third-order valence-electron chi connectivity index (χ3n) is 4.65. The number of hydrogen-bond acceptors (Lipinski definition) is 3. The lowest BCUT2D eigenvalue weighted by atomic mass is 9.87. The predicted octanol–water partition coefficient (Wildman–Crippen LogP) is 4.58. The van der Waals surface area contributed by atoms with Crippen LogP contribution in [0.1, 0.15) is 27.4 Å². The Morgan fingerprint density at radius 2 is 1.54 bits per heavy atom. The summed E-state index contributed by atoms with van der Waals surface area (Å²) in [5.74, 6) is 0.323. The molecule has 6 heteroatoms. The van der Waals surface area contributed by atoms with Gasteiger partial charge in [-0.2, -0.15) is 0 Å². The number of benzene rings is 3. The molecule has 3 aromatic rings. The van der Waals surface area contributed by atoms with Crippen molar-refractivity contribution in [2.75, 3.05) is 12.4 Å². The van der Waals surface area contributed by atoms with Crippen molar-refractivity contribution < 1.29 is 14.3 Å². The van der Waals surface area contributed by atoms with Crippen molar-refractivity contribution in [2.45, 2.75) is 5.92 Å². The molecule has 140 valence electrons. The molecule has 1 heterocycles. The van der Waals surface area contributed by atoms with Crippen LogP contribution in [0.3, 0.4) is 0 Å². The highest BCUT2D eigenvalue weighted by molar-refractivity contribution is 6.34. The van der Waals surface area contributed by atoms with Gasteiger partial charge in [-0.25, -0.2) is 0 Å². The second-order valence-electron chi connectivity index (χ2n) is 6.37. The maximum atomic E-state index is 13.2. The van der Waals surface area contributed by atoms with Crippen molar-refractivity contribution in [1.29, 1.82) is 0 Å². The number of nitrogens with one attached hydrogen (secondary N) is 2. The number of rotatable bonds is 3. The Kier molecular flexibility index (Phi) is 4.75. The molecular formula is C22H17ClN2O3. The summed E-state index contributed by atoms with van der Waals surface area (Å²) in [6.45, 7) is 0. The molecule has 0 unspecified atom stereocenters. The van der Waals surface area contributed by atoms with E-state index in [1.807, 2.05) is 48.5 Å². The van der Waals surface area contributed by atoms with E-state index in [0.717, 1.165) is 11.1 Å². The molecule has 2 amide bonds. The molecule has 0 bridgehead atoms. The summed E-state index contributed by atoms with van der Waals surface area (Å²) in [7, 11) is 1.54. The third-order valence-corrected chi connectivity index (χ3v) is 4.96. The minimum absolute atomic E-state index is 0.202. The Balaban J connectivity index is 1.67. The molecule has 0 aromatic heterocycles. The van der Waals surface area contributed by atoms with Gasteiger partial charge in [0.05, 0.1) is 16.5 Å². The maximum absolute atomic E-state index is 13.2. The molecule has 1 aliphatic heterocycles. The fourth-order valence-corrected chi connectivity index (χ4v) is 3.58. The number of amides is 2. The lowest BCUT2D eigenvalue weighted by Gasteiger charge is -2.27. The van der Waals surface area contributed by atoms with Gasteiger partial charge in [0.25, 0.3) is 5.91 Å². The molecule has 0 fully saturated rings. The van der Waals surface area contributed by atoms with Crippen LogP contribution in [0.4, 0.5) is 5.69 Å². The average Bonchev–Trinajstić information content (AvgIpc) is 2.71. The summed E-state index contributed by atoms with van der Waals surface area (Å²) in [4.78, 5) is 25.0. The molecule has 3 aromatic carbocycles. The Bertz CT molecular complexity index is 1040.